The summed E-state index contributed by atoms with van der Waals surface area (Å²) in [7, 11) is 2.10. The van der Waals surface area contributed by atoms with E-state index in [-0.39, 0.29) is 0 Å². The summed E-state index contributed by atoms with van der Waals surface area (Å²) in [6.45, 7) is 3.67. The number of thiocarbonyl (C=S) groups is 1. The van der Waals surface area contributed by atoms with Gasteiger partial charge in [0.15, 0.2) is 5.11 Å². The fourth-order valence-corrected chi connectivity index (χ4v) is 2.91. The monoisotopic (exact) mass is 408 g/mol. The lowest BCUT2D eigenvalue weighted by molar-refractivity contribution is 0.214. The lowest BCUT2D eigenvalue weighted by Gasteiger charge is -2.33. The van der Waals surface area contributed by atoms with Gasteiger partial charge in [0.1, 0.15) is 5.71 Å². The van der Waals surface area contributed by atoms with Gasteiger partial charge in [-0.05, 0) is 43.5 Å². The van der Waals surface area contributed by atoms with Crippen molar-refractivity contribution in [2.75, 3.05) is 33.2 Å². The Morgan fingerprint density at radius 1 is 1.00 bits per heavy atom. The van der Waals surface area contributed by atoms with Crippen LogP contribution in [0.3, 0.4) is 0 Å². The number of hydrazone groups is 1. The summed E-state index contributed by atoms with van der Waals surface area (Å²) in [5.41, 5.74) is 4.81. The standard InChI is InChI=1S/C17H18Cl2N6S/c1-24-6-8-25(9-7-24)17(26)23-22-16(14-4-2-12(18)10-20-14)15-5-3-13(19)11-21-15/h2-5,10-11H,6-9H2,1H3,(H,23,26). The molecule has 0 radical (unpaired) electrons. The molecule has 2 aromatic rings. The molecule has 0 saturated carbocycles. The molecule has 1 fully saturated rings. The second-order valence-corrected chi connectivity index (χ2v) is 7.15. The van der Waals surface area contributed by atoms with Gasteiger partial charge in [-0.1, -0.05) is 23.2 Å². The van der Waals surface area contributed by atoms with E-state index in [1.165, 1.54) is 0 Å². The maximum Gasteiger partial charge on any atom is 0.189 e. The molecule has 26 heavy (non-hydrogen) atoms. The van der Waals surface area contributed by atoms with Gasteiger partial charge < -0.3 is 9.80 Å². The van der Waals surface area contributed by atoms with Crippen LogP contribution in [0.25, 0.3) is 0 Å². The van der Waals surface area contributed by atoms with E-state index in [9.17, 15) is 0 Å². The minimum Gasteiger partial charge on any atom is -0.345 e. The Hall–Kier alpha value is -1.80. The molecule has 0 unspecified atom stereocenters. The van der Waals surface area contributed by atoms with E-state index in [0.717, 1.165) is 26.2 Å². The molecule has 2 aromatic heterocycles. The van der Waals surface area contributed by atoms with Gasteiger partial charge >= 0.3 is 0 Å². The van der Waals surface area contributed by atoms with E-state index in [2.05, 4.69) is 37.3 Å². The fraction of sp³-hybridized carbons (Fsp3) is 0.294. The average Bonchev–Trinajstić information content (AvgIpc) is 2.65. The van der Waals surface area contributed by atoms with Gasteiger partial charge in [-0.15, -0.1) is 0 Å². The molecule has 3 rings (SSSR count). The summed E-state index contributed by atoms with van der Waals surface area (Å²) in [6.07, 6.45) is 3.14. The molecule has 6 nitrogen and oxygen atoms in total. The Bertz CT molecular complexity index is 738. The van der Waals surface area contributed by atoms with Gasteiger partial charge in [-0.25, -0.2) is 0 Å². The first-order chi connectivity index (χ1) is 12.5. The number of aromatic nitrogens is 2. The molecule has 1 saturated heterocycles. The Morgan fingerprint density at radius 2 is 1.54 bits per heavy atom. The number of likely N-dealkylation sites (N-methyl/N-ethyl adjacent to an activating group) is 1. The zero-order chi connectivity index (χ0) is 18.5. The summed E-state index contributed by atoms with van der Waals surface area (Å²) < 4.78 is 0. The molecular formula is C17H18Cl2N6S. The highest BCUT2D eigenvalue weighted by atomic mass is 35.5. The van der Waals surface area contributed by atoms with Crippen LogP contribution < -0.4 is 5.43 Å². The van der Waals surface area contributed by atoms with Gasteiger partial charge in [0, 0.05) is 38.6 Å². The van der Waals surface area contributed by atoms with Crippen molar-refractivity contribution in [3.05, 3.63) is 58.1 Å². The van der Waals surface area contributed by atoms with Crippen LogP contribution in [0, 0.1) is 0 Å². The second-order valence-electron chi connectivity index (χ2n) is 5.89. The van der Waals surface area contributed by atoms with Gasteiger partial charge in [-0.3, -0.25) is 15.4 Å². The predicted molar refractivity (Wildman–Crippen MR) is 109 cm³/mol. The highest BCUT2D eigenvalue weighted by Gasteiger charge is 2.17. The maximum absolute atomic E-state index is 5.94. The Balaban J connectivity index is 1.82. The molecule has 0 aromatic carbocycles. The predicted octanol–water partition coefficient (Wildman–Crippen LogP) is 2.66. The van der Waals surface area contributed by atoms with Gasteiger partial charge in [0.05, 0.1) is 21.4 Å². The van der Waals surface area contributed by atoms with Crippen molar-refractivity contribution in [3.8, 4) is 0 Å². The van der Waals surface area contributed by atoms with Crippen LogP contribution in [-0.4, -0.2) is 63.8 Å². The Kier molecular flexibility index (Phi) is 6.37. The molecule has 9 heteroatoms. The quantitative estimate of drug-likeness (QED) is 0.478. The molecule has 0 spiro atoms. The number of hydrogen-bond acceptors (Lipinski definition) is 5. The smallest absolute Gasteiger partial charge is 0.189 e. The van der Waals surface area contributed by atoms with Crippen molar-refractivity contribution in [2.24, 2.45) is 5.10 Å². The number of pyridine rings is 2. The normalized spacial score (nSPS) is 14.8. The number of nitrogens with one attached hydrogen (secondary N) is 1. The van der Waals surface area contributed by atoms with Crippen LogP contribution in [0.2, 0.25) is 10.0 Å². The molecule has 0 atom stereocenters. The third kappa shape index (κ3) is 4.88. The topological polar surface area (TPSA) is 56.6 Å². The first kappa shape index (κ1) is 19.0. The largest absolute Gasteiger partial charge is 0.345 e. The van der Waals surface area contributed by atoms with Crippen molar-refractivity contribution < 1.29 is 0 Å². The minimum absolute atomic E-state index is 0.554. The van der Waals surface area contributed by atoms with Crippen LogP contribution in [0.4, 0.5) is 0 Å². The number of rotatable bonds is 3. The molecule has 3 heterocycles. The highest BCUT2D eigenvalue weighted by molar-refractivity contribution is 7.80. The van der Waals surface area contributed by atoms with Crippen molar-refractivity contribution in [3.63, 3.8) is 0 Å². The van der Waals surface area contributed by atoms with E-state index < -0.39 is 0 Å². The van der Waals surface area contributed by atoms with Crippen LogP contribution in [0.5, 0.6) is 0 Å². The zero-order valence-electron chi connectivity index (χ0n) is 14.2. The minimum atomic E-state index is 0.554. The van der Waals surface area contributed by atoms with Crippen LogP contribution in [0.15, 0.2) is 41.8 Å². The molecule has 1 aliphatic rings. The molecule has 1 N–H and O–H groups in total. The third-order valence-corrected chi connectivity index (χ3v) is 4.79. The zero-order valence-corrected chi connectivity index (χ0v) is 16.5. The molecule has 0 aliphatic carbocycles. The molecule has 0 amide bonds. The Morgan fingerprint density at radius 3 is 2.00 bits per heavy atom. The first-order valence-electron chi connectivity index (χ1n) is 8.08. The molecule has 0 bridgehead atoms. The van der Waals surface area contributed by atoms with Crippen molar-refractivity contribution in [2.45, 2.75) is 0 Å². The summed E-state index contributed by atoms with van der Waals surface area (Å²) >= 11 is 17.4. The second kappa shape index (κ2) is 8.73. The SMILES string of the molecule is CN1CCN(C(=S)NN=C(c2ccc(Cl)cn2)c2ccc(Cl)cn2)CC1. The van der Waals surface area contributed by atoms with E-state index in [1.807, 2.05) is 0 Å². The number of nitrogens with zero attached hydrogens (tertiary/aromatic N) is 5. The van der Waals surface area contributed by atoms with Crippen LogP contribution >= 0.6 is 35.4 Å². The molecule has 136 valence electrons. The highest BCUT2D eigenvalue weighted by Crippen LogP contribution is 2.13. The lowest BCUT2D eigenvalue weighted by atomic mass is 10.1. The first-order valence-corrected chi connectivity index (χ1v) is 9.24. The number of piperazine rings is 1. The summed E-state index contributed by atoms with van der Waals surface area (Å²) in [6, 6.07) is 7.10. The van der Waals surface area contributed by atoms with E-state index >= 15 is 0 Å². The Labute approximate surface area is 167 Å². The number of hydrogen-bond donors (Lipinski definition) is 1. The van der Waals surface area contributed by atoms with Crippen molar-refractivity contribution >= 4 is 46.2 Å². The average molecular weight is 409 g/mol. The van der Waals surface area contributed by atoms with Gasteiger partial charge in [-0.2, -0.15) is 5.10 Å². The van der Waals surface area contributed by atoms with Crippen molar-refractivity contribution in [1.82, 2.24) is 25.2 Å². The molecular weight excluding hydrogens is 391 g/mol. The van der Waals surface area contributed by atoms with E-state index in [1.54, 1.807) is 36.7 Å². The summed E-state index contributed by atoms with van der Waals surface area (Å²) in [4.78, 5) is 13.0. The van der Waals surface area contributed by atoms with Crippen LogP contribution in [-0.2, 0) is 0 Å². The van der Waals surface area contributed by atoms with E-state index in [0.29, 0.717) is 32.3 Å². The van der Waals surface area contributed by atoms with Gasteiger partial charge in [0.25, 0.3) is 0 Å². The van der Waals surface area contributed by atoms with Gasteiger partial charge in [0.2, 0.25) is 0 Å². The fourth-order valence-electron chi connectivity index (χ4n) is 2.46. The maximum atomic E-state index is 5.94. The van der Waals surface area contributed by atoms with Crippen LogP contribution in [0.1, 0.15) is 11.4 Å². The summed E-state index contributed by atoms with van der Waals surface area (Å²) in [5, 5.41) is 6.17. The molecule has 1 aliphatic heterocycles. The summed E-state index contributed by atoms with van der Waals surface area (Å²) in [5.74, 6) is 0. The van der Waals surface area contributed by atoms with E-state index in [4.69, 9.17) is 35.4 Å². The lowest BCUT2D eigenvalue weighted by Crippen LogP contribution is -2.49. The van der Waals surface area contributed by atoms with Crippen molar-refractivity contribution in [1.29, 1.82) is 0 Å². The number of halogens is 2. The third-order valence-electron chi connectivity index (χ3n) is 3.99.